The van der Waals surface area contributed by atoms with E-state index >= 15 is 0 Å². The second-order valence-corrected chi connectivity index (χ2v) is 6.93. The van der Waals surface area contributed by atoms with Crippen molar-refractivity contribution in [1.82, 2.24) is 0 Å². The maximum atomic E-state index is 13.8. The molecule has 0 aliphatic rings. The van der Waals surface area contributed by atoms with Crippen molar-refractivity contribution >= 4 is 24.6 Å². The van der Waals surface area contributed by atoms with Gasteiger partial charge in [-0.1, -0.05) is 14.0 Å². The number of hydrogen-bond acceptors (Lipinski definition) is 1. The summed E-state index contributed by atoms with van der Waals surface area (Å²) in [7, 11) is -0.392. The molecular formula is C15H16F2NP. The fourth-order valence-corrected chi connectivity index (χ4v) is 2.84. The highest BCUT2D eigenvalue weighted by molar-refractivity contribution is 7.64. The number of benzene rings is 2. The molecule has 0 aliphatic heterocycles. The van der Waals surface area contributed by atoms with Crippen molar-refractivity contribution in [1.29, 1.82) is 0 Å². The van der Waals surface area contributed by atoms with Gasteiger partial charge < -0.3 is 5.32 Å². The van der Waals surface area contributed by atoms with Crippen LogP contribution in [0.4, 0.5) is 20.2 Å². The zero-order valence-electron chi connectivity index (χ0n) is 11.2. The first-order chi connectivity index (χ1) is 8.97. The lowest BCUT2D eigenvalue weighted by molar-refractivity contribution is 0.627. The van der Waals surface area contributed by atoms with Crippen molar-refractivity contribution in [2.75, 3.05) is 18.6 Å². The van der Waals surface area contributed by atoms with E-state index < -0.39 is 7.92 Å². The van der Waals surface area contributed by atoms with Gasteiger partial charge in [0.2, 0.25) is 0 Å². The Morgan fingerprint density at radius 2 is 1.68 bits per heavy atom. The van der Waals surface area contributed by atoms with E-state index in [9.17, 15) is 8.78 Å². The van der Waals surface area contributed by atoms with E-state index in [0.717, 1.165) is 10.9 Å². The van der Waals surface area contributed by atoms with Crippen LogP contribution in [0.15, 0.2) is 36.4 Å². The normalized spacial score (nSPS) is 10.8. The van der Waals surface area contributed by atoms with E-state index in [0.29, 0.717) is 11.4 Å². The molecule has 4 heteroatoms. The van der Waals surface area contributed by atoms with E-state index in [1.54, 1.807) is 12.1 Å². The molecule has 0 fully saturated rings. The van der Waals surface area contributed by atoms with E-state index in [4.69, 9.17) is 0 Å². The molecule has 100 valence electrons. The van der Waals surface area contributed by atoms with Crippen LogP contribution in [0.1, 0.15) is 5.56 Å². The molecule has 2 rings (SSSR count). The van der Waals surface area contributed by atoms with Gasteiger partial charge in [-0.15, -0.1) is 0 Å². The second-order valence-electron chi connectivity index (χ2n) is 4.66. The van der Waals surface area contributed by atoms with Crippen LogP contribution in [-0.4, -0.2) is 13.3 Å². The summed E-state index contributed by atoms with van der Waals surface area (Å²) >= 11 is 0. The first kappa shape index (κ1) is 14.0. The first-order valence-electron chi connectivity index (χ1n) is 5.97. The van der Waals surface area contributed by atoms with Gasteiger partial charge in [-0.3, -0.25) is 0 Å². The van der Waals surface area contributed by atoms with Gasteiger partial charge >= 0.3 is 0 Å². The van der Waals surface area contributed by atoms with Crippen LogP contribution in [0.2, 0.25) is 0 Å². The zero-order chi connectivity index (χ0) is 14.0. The molecule has 0 heterocycles. The molecule has 1 N–H and O–H groups in total. The first-order valence-corrected chi connectivity index (χ1v) is 8.21. The summed E-state index contributed by atoms with van der Waals surface area (Å²) in [6, 6.07) is 9.57. The minimum Gasteiger partial charge on any atom is -0.353 e. The molecule has 0 radical (unpaired) electrons. The fourth-order valence-electron chi connectivity index (χ4n) is 1.86. The van der Waals surface area contributed by atoms with E-state index in [2.05, 4.69) is 18.6 Å². The molecule has 0 amide bonds. The third-order valence-electron chi connectivity index (χ3n) is 2.83. The molecule has 0 bridgehead atoms. The monoisotopic (exact) mass is 279 g/mol. The van der Waals surface area contributed by atoms with Gasteiger partial charge in [0.1, 0.15) is 11.6 Å². The largest absolute Gasteiger partial charge is 0.353 e. The van der Waals surface area contributed by atoms with Gasteiger partial charge in [0, 0.05) is 5.69 Å². The Bertz CT molecular complexity index is 597. The van der Waals surface area contributed by atoms with Crippen LogP contribution in [0.5, 0.6) is 0 Å². The summed E-state index contributed by atoms with van der Waals surface area (Å²) in [4.78, 5) is 0. The van der Waals surface area contributed by atoms with Crippen molar-refractivity contribution in [3.63, 3.8) is 0 Å². The van der Waals surface area contributed by atoms with Crippen LogP contribution in [0.3, 0.4) is 0 Å². The Morgan fingerprint density at radius 3 is 2.32 bits per heavy atom. The summed E-state index contributed by atoms with van der Waals surface area (Å²) in [6.45, 7) is 6.00. The number of hydrogen-bond donors (Lipinski definition) is 1. The Balaban J connectivity index is 2.39. The summed E-state index contributed by atoms with van der Waals surface area (Å²) in [6.07, 6.45) is 0. The Hall–Kier alpha value is -1.47. The maximum absolute atomic E-state index is 13.8. The topological polar surface area (TPSA) is 12.0 Å². The van der Waals surface area contributed by atoms with Crippen molar-refractivity contribution in [2.45, 2.75) is 6.92 Å². The average Bonchev–Trinajstić information content (AvgIpc) is 2.32. The van der Waals surface area contributed by atoms with Crippen molar-refractivity contribution in [3.05, 3.63) is 53.6 Å². The summed E-state index contributed by atoms with van der Waals surface area (Å²) < 4.78 is 27.2. The Morgan fingerprint density at radius 1 is 0.947 bits per heavy atom. The molecule has 0 atom stereocenters. The van der Waals surface area contributed by atoms with Crippen LogP contribution >= 0.6 is 7.92 Å². The molecule has 0 unspecified atom stereocenters. The van der Waals surface area contributed by atoms with Gasteiger partial charge in [-0.2, -0.15) is 0 Å². The minimum atomic E-state index is -0.392. The van der Waals surface area contributed by atoms with E-state index in [-0.39, 0.29) is 11.6 Å². The molecule has 0 saturated carbocycles. The lowest BCUT2D eigenvalue weighted by atomic mass is 10.2. The van der Waals surface area contributed by atoms with Gasteiger partial charge in [0.25, 0.3) is 0 Å². The Kier molecular flexibility index (Phi) is 4.16. The van der Waals surface area contributed by atoms with Gasteiger partial charge in [0.05, 0.1) is 5.69 Å². The Labute approximate surface area is 113 Å². The van der Waals surface area contributed by atoms with Crippen LogP contribution in [-0.2, 0) is 0 Å². The lowest BCUT2D eigenvalue weighted by Gasteiger charge is -2.15. The fraction of sp³-hybridized carbons (Fsp3) is 0.200. The lowest BCUT2D eigenvalue weighted by Crippen LogP contribution is -2.08. The quantitative estimate of drug-likeness (QED) is 0.822. The van der Waals surface area contributed by atoms with Crippen LogP contribution < -0.4 is 10.6 Å². The van der Waals surface area contributed by atoms with Gasteiger partial charge in [-0.05, 0) is 61.5 Å². The highest BCUT2D eigenvalue weighted by Crippen LogP contribution is 2.30. The smallest absolute Gasteiger partial charge is 0.146 e. The highest BCUT2D eigenvalue weighted by Gasteiger charge is 2.10. The molecule has 1 nitrogen and oxygen atoms in total. The predicted octanol–water partition coefficient (Wildman–Crippen LogP) is 4.38. The molecule has 0 aliphatic carbocycles. The average molecular weight is 279 g/mol. The van der Waals surface area contributed by atoms with Crippen molar-refractivity contribution in [2.24, 2.45) is 0 Å². The number of aryl methyl sites for hydroxylation is 1. The summed E-state index contributed by atoms with van der Waals surface area (Å²) in [5, 5.41) is 4.02. The van der Waals surface area contributed by atoms with Crippen LogP contribution in [0.25, 0.3) is 0 Å². The van der Waals surface area contributed by atoms with Gasteiger partial charge in [-0.25, -0.2) is 8.78 Å². The number of rotatable bonds is 3. The third kappa shape index (κ3) is 3.30. The van der Waals surface area contributed by atoms with Crippen molar-refractivity contribution in [3.8, 4) is 0 Å². The molecule has 2 aromatic rings. The third-order valence-corrected chi connectivity index (χ3v) is 4.19. The summed E-state index contributed by atoms with van der Waals surface area (Å²) in [5.41, 5.74) is 1.86. The SMILES string of the molecule is Cc1ccc(Nc2cc(F)ccc2P(C)C)c(F)c1. The highest BCUT2D eigenvalue weighted by atomic mass is 31.1. The zero-order valence-corrected chi connectivity index (χ0v) is 12.1. The molecular weight excluding hydrogens is 263 g/mol. The van der Waals surface area contributed by atoms with E-state index in [1.807, 2.05) is 13.0 Å². The van der Waals surface area contributed by atoms with Crippen LogP contribution in [0, 0.1) is 18.6 Å². The number of nitrogens with one attached hydrogen (secondary N) is 1. The van der Waals surface area contributed by atoms with E-state index in [1.165, 1.54) is 18.2 Å². The molecule has 0 spiro atoms. The van der Waals surface area contributed by atoms with Gasteiger partial charge in [0.15, 0.2) is 0 Å². The standard InChI is InChI=1S/C15H16F2NP/c1-10-4-6-13(12(17)8-10)18-14-9-11(16)5-7-15(14)19(2)3/h4-9,18H,1-3H3. The molecule has 0 saturated heterocycles. The minimum absolute atomic E-state index is 0.324. The summed E-state index contributed by atoms with van der Waals surface area (Å²) in [5.74, 6) is -0.651. The molecule has 0 aromatic heterocycles. The van der Waals surface area contributed by atoms with Crippen molar-refractivity contribution < 1.29 is 8.78 Å². The second kappa shape index (κ2) is 5.66. The number of halogens is 2. The molecule has 19 heavy (non-hydrogen) atoms. The maximum Gasteiger partial charge on any atom is 0.146 e. The predicted molar refractivity (Wildman–Crippen MR) is 79.2 cm³/mol. The number of anilines is 2. The molecule has 2 aromatic carbocycles.